The standard InChI is InChI=1S/C42H69O13P/c1-3-5-7-9-11-13-15-17-19-20-22-24-26-28-30-35(43)52-32-34(33-53-56(50,51)55-42-40(48)38(46)37(45)39(47)41(42)49)54-36(44)31-29-27-25-23-21-18-16-14-12-10-8-6-4-2/h6,8-9,11-12,14-15,17-18,21,25,27,34,37-42,45-49H,3-5,7,10,13,16,19-20,22-24,26,28-33H2,1-2H3,(H,50,51)/b8-6-,11-9-,14-12-,17-15-,21-18-,27-25-. The van der Waals surface area contributed by atoms with Gasteiger partial charge in [0, 0.05) is 12.8 Å². The molecule has 6 N–H and O–H groups in total. The highest BCUT2D eigenvalue weighted by Gasteiger charge is 2.51. The summed E-state index contributed by atoms with van der Waals surface area (Å²) in [6.45, 7) is 3.03. The van der Waals surface area contributed by atoms with Crippen molar-refractivity contribution in [1.82, 2.24) is 0 Å². The highest BCUT2D eigenvalue weighted by Crippen LogP contribution is 2.47. The Morgan fingerprint density at radius 1 is 0.571 bits per heavy atom. The van der Waals surface area contributed by atoms with Crippen LogP contribution in [-0.2, 0) is 32.7 Å². The van der Waals surface area contributed by atoms with E-state index < -0.39 is 75.7 Å². The van der Waals surface area contributed by atoms with Gasteiger partial charge in [-0.25, -0.2) is 4.57 Å². The molecule has 13 nitrogen and oxygen atoms in total. The maximum Gasteiger partial charge on any atom is 0.472 e. The van der Waals surface area contributed by atoms with E-state index in [0.29, 0.717) is 19.3 Å². The second-order valence-electron chi connectivity index (χ2n) is 13.7. The number of unbranched alkanes of at least 4 members (excludes halogenated alkanes) is 7. The van der Waals surface area contributed by atoms with E-state index in [9.17, 15) is 44.6 Å². The first kappa shape index (κ1) is 51.3. The van der Waals surface area contributed by atoms with Crippen LogP contribution < -0.4 is 0 Å². The Hall–Kier alpha value is -2.71. The number of allylic oxidation sites excluding steroid dienone is 12. The fraction of sp³-hybridized carbons (Fsp3) is 0.667. The van der Waals surface area contributed by atoms with Crippen molar-refractivity contribution < 1.29 is 63.1 Å². The van der Waals surface area contributed by atoms with E-state index in [-0.39, 0.29) is 12.8 Å². The Bertz CT molecular complexity index is 1260. The van der Waals surface area contributed by atoms with Crippen LogP contribution in [0.4, 0.5) is 0 Å². The van der Waals surface area contributed by atoms with Gasteiger partial charge < -0.3 is 39.9 Å². The molecule has 0 aromatic rings. The Balaban J connectivity index is 2.59. The molecule has 0 radical (unpaired) electrons. The molecule has 14 heteroatoms. The van der Waals surface area contributed by atoms with E-state index in [2.05, 4.69) is 62.5 Å². The van der Waals surface area contributed by atoms with Gasteiger partial charge in [0.05, 0.1) is 6.61 Å². The number of carbonyl (C=O) groups is 2. The number of esters is 2. The van der Waals surface area contributed by atoms with Gasteiger partial charge in [0.15, 0.2) is 6.10 Å². The van der Waals surface area contributed by atoms with Gasteiger partial charge >= 0.3 is 19.8 Å². The number of aliphatic hydroxyl groups excluding tert-OH is 5. The molecular weight excluding hydrogens is 743 g/mol. The van der Waals surface area contributed by atoms with Gasteiger partial charge in [-0.05, 0) is 64.2 Å². The van der Waals surface area contributed by atoms with Crippen LogP contribution in [0.3, 0.4) is 0 Å². The molecule has 0 heterocycles. The molecule has 0 saturated heterocycles. The summed E-state index contributed by atoms with van der Waals surface area (Å²) in [6, 6.07) is 0. The van der Waals surface area contributed by atoms with Gasteiger partial charge in [0.25, 0.3) is 0 Å². The maximum absolute atomic E-state index is 12.8. The summed E-state index contributed by atoms with van der Waals surface area (Å²) in [6.07, 6.45) is 25.6. The number of phosphoric acid groups is 1. The zero-order valence-electron chi connectivity index (χ0n) is 33.4. The first-order chi connectivity index (χ1) is 26.9. The number of rotatable bonds is 31. The summed E-state index contributed by atoms with van der Waals surface area (Å²) in [5, 5.41) is 50.0. The summed E-state index contributed by atoms with van der Waals surface area (Å²) < 4.78 is 33.3. The van der Waals surface area contributed by atoms with Crippen molar-refractivity contribution in [2.75, 3.05) is 13.2 Å². The average molecular weight is 813 g/mol. The maximum atomic E-state index is 12.8. The molecule has 0 aromatic carbocycles. The van der Waals surface area contributed by atoms with E-state index in [1.165, 1.54) is 12.8 Å². The molecule has 0 aliphatic heterocycles. The molecule has 0 aromatic heterocycles. The molecule has 0 spiro atoms. The molecule has 6 unspecified atom stereocenters. The Morgan fingerprint density at radius 3 is 1.62 bits per heavy atom. The minimum atomic E-state index is -5.14. The molecule has 1 rings (SSSR count). The van der Waals surface area contributed by atoms with Crippen LogP contribution in [-0.4, -0.2) is 98.3 Å². The lowest BCUT2D eigenvalue weighted by Crippen LogP contribution is -2.64. The van der Waals surface area contributed by atoms with Crippen molar-refractivity contribution in [2.45, 2.75) is 166 Å². The number of hydrogen-bond donors (Lipinski definition) is 6. The predicted molar refractivity (Wildman–Crippen MR) is 216 cm³/mol. The third-order valence-electron chi connectivity index (χ3n) is 8.80. The van der Waals surface area contributed by atoms with Crippen LogP contribution in [0, 0.1) is 0 Å². The van der Waals surface area contributed by atoms with Crippen molar-refractivity contribution in [3.05, 3.63) is 72.9 Å². The summed E-state index contributed by atoms with van der Waals surface area (Å²) >= 11 is 0. The molecule has 320 valence electrons. The molecule has 1 fully saturated rings. The zero-order valence-corrected chi connectivity index (χ0v) is 34.3. The van der Waals surface area contributed by atoms with Gasteiger partial charge in [0.1, 0.15) is 43.2 Å². The van der Waals surface area contributed by atoms with Crippen LogP contribution in [0.25, 0.3) is 0 Å². The zero-order chi connectivity index (χ0) is 41.4. The van der Waals surface area contributed by atoms with E-state index in [1.807, 2.05) is 24.3 Å². The number of carbonyl (C=O) groups excluding carboxylic acids is 2. The first-order valence-electron chi connectivity index (χ1n) is 20.2. The lowest BCUT2D eigenvalue weighted by Gasteiger charge is -2.41. The SMILES string of the molecule is CC/C=C\C/C=C\C/C=C\C/C=C\CCC(=O)OC(COC(=O)CCCCCCC/C=C\C/C=C\CCCC)COP(=O)(O)OC1C(O)C(O)C(O)C(O)C1O. The highest BCUT2D eigenvalue weighted by molar-refractivity contribution is 7.47. The highest BCUT2D eigenvalue weighted by atomic mass is 31.2. The lowest BCUT2D eigenvalue weighted by atomic mass is 9.85. The summed E-state index contributed by atoms with van der Waals surface area (Å²) in [5.74, 6) is -1.22. The molecule has 0 bridgehead atoms. The van der Waals surface area contributed by atoms with Crippen molar-refractivity contribution in [3.8, 4) is 0 Å². The number of hydrogen-bond acceptors (Lipinski definition) is 12. The molecule has 1 aliphatic rings. The smallest absolute Gasteiger partial charge is 0.462 e. The average Bonchev–Trinajstić information content (AvgIpc) is 3.18. The fourth-order valence-corrected chi connectivity index (χ4v) is 6.46. The first-order valence-corrected chi connectivity index (χ1v) is 21.7. The topological polar surface area (TPSA) is 210 Å². The second-order valence-corrected chi connectivity index (χ2v) is 15.2. The third-order valence-corrected chi connectivity index (χ3v) is 9.78. The number of phosphoric ester groups is 1. The molecule has 1 aliphatic carbocycles. The third kappa shape index (κ3) is 24.8. The number of aliphatic hydroxyl groups is 5. The van der Waals surface area contributed by atoms with E-state index in [0.717, 1.165) is 64.2 Å². The van der Waals surface area contributed by atoms with Gasteiger partial charge in [-0.1, -0.05) is 119 Å². The summed E-state index contributed by atoms with van der Waals surface area (Å²) in [4.78, 5) is 35.5. The molecule has 56 heavy (non-hydrogen) atoms. The van der Waals surface area contributed by atoms with E-state index >= 15 is 0 Å². The molecular formula is C42H69O13P. The Labute approximate surface area is 334 Å². The van der Waals surface area contributed by atoms with Gasteiger partial charge in [-0.2, -0.15) is 0 Å². The lowest BCUT2D eigenvalue weighted by molar-refractivity contribution is -0.220. The Morgan fingerprint density at radius 2 is 1.05 bits per heavy atom. The predicted octanol–water partition coefficient (Wildman–Crippen LogP) is 6.77. The van der Waals surface area contributed by atoms with Crippen LogP contribution in [0.5, 0.6) is 0 Å². The second kappa shape index (κ2) is 32.3. The van der Waals surface area contributed by atoms with Crippen molar-refractivity contribution in [1.29, 1.82) is 0 Å². The van der Waals surface area contributed by atoms with E-state index in [1.54, 1.807) is 0 Å². The molecule has 0 amide bonds. The van der Waals surface area contributed by atoms with Crippen LogP contribution >= 0.6 is 7.82 Å². The Kier molecular flexibility index (Phi) is 29.6. The van der Waals surface area contributed by atoms with Gasteiger partial charge in [-0.15, -0.1) is 0 Å². The van der Waals surface area contributed by atoms with Crippen molar-refractivity contribution >= 4 is 19.8 Å². The fourth-order valence-electron chi connectivity index (χ4n) is 5.49. The molecule has 6 atom stereocenters. The minimum Gasteiger partial charge on any atom is -0.462 e. The minimum absolute atomic E-state index is 0.0313. The van der Waals surface area contributed by atoms with Crippen molar-refractivity contribution in [2.24, 2.45) is 0 Å². The monoisotopic (exact) mass is 812 g/mol. The normalized spacial score (nSPS) is 23.6. The van der Waals surface area contributed by atoms with Crippen molar-refractivity contribution in [3.63, 3.8) is 0 Å². The van der Waals surface area contributed by atoms with Crippen LogP contribution in [0.1, 0.15) is 123 Å². The summed E-state index contributed by atoms with van der Waals surface area (Å²) in [7, 11) is -5.14. The quantitative estimate of drug-likeness (QED) is 0.0185. The number of ether oxygens (including phenoxy) is 2. The largest absolute Gasteiger partial charge is 0.472 e. The van der Waals surface area contributed by atoms with Crippen LogP contribution in [0.15, 0.2) is 72.9 Å². The van der Waals surface area contributed by atoms with Gasteiger partial charge in [0.2, 0.25) is 0 Å². The summed E-state index contributed by atoms with van der Waals surface area (Å²) in [5.41, 5.74) is 0. The molecule has 1 saturated carbocycles. The van der Waals surface area contributed by atoms with Crippen LogP contribution in [0.2, 0.25) is 0 Å². The van der Waals surface area contributed by atoms with Gasteiger partial charge in [-0.3, -0.25) is 18.6 Å². The van der Waals surface area contributed by atoms with E-state index in [4.69, 9.17) is 18.5 Å².